The molecule has 1 aromatic carbocycles. The lowest BCUT2D eigenvalue weighted by Crippen LogP contribution is -2.47. The quantitative estimate of drug-likeness (QED) is 0.735. The predicted octanol–water partition coefficient (Wildman–Crippen LogP) is 0.409. The fourth-order valence-corrected chi connectivity index (χ4v) is 3.67. The Hall–Kier alpha value is -1.55. The van der Waals surface area contributed by atoms with Crippen molar-refractivity contribution in [2.24, 2.45) is 0 Å². The second-order valence-corrected chi connectivity index (χ2v) is 6.76. The lowest BCUT2D eigenvalue weighted by molar-refractivity contribution is -0.141. The first-order chi connectivity index (χ1) is 9.31. The highest BCUT2D eigenvalue weighted by Crippen LogP contribution is 2.21. The largest absolute Gasteiger partial charge is 0.480 e. The molecule has 3 N–H and O–H groups in total. The fourth-order valence-electron chi connectivity index (χ4n) is 1.59. The topological polar surface area (TPSA) is 117 Å². The Kier molecular flexibility index (Phi) is 4.04. The van der Waals surface area contributed by atoms with Gasteiger partial charge in [0, 0.05) is 0 Å². The number of aliphatic carboxylic acids is 1. The van der Waals surface area contributed by atoms with Crippen LogP contribution in [0.1, 0.15) is 6.92 Å². The van der Waals surface area contributed by atoms with E-state index in [1.165, 1.54) is 30.4 Å². The second-order valence-electron chi connectivity index (χ2n) is 4.16. The number of nitrogens with one attached hydrogen (secondary N) is 1. The van der Waals surface area contributed by atoms with Crippen molar-refractivity contribution in [3.8, 4) is 0 Å². The Labute approximate surface area is 118 Å². The maximum absolute atomic E-state index is 12.1. The van der Waals surface area contributed by atoms with E-state index in [2.05, 4.69) is 4.98 Å². The van der Waals surface area contributed by atoms with E-state index < -0.39 is 28.1 Å². The van der Waals surface area contributed by atoms with Gasteiger partial charge in [-0.3, -0.25) is 4.79 Å². The number of aromatic nitrogens is 1. The molecule has 7 nitrogen and oxygen atoms in total. The molecule has 0 aliphatic carbocycles. The van der Waals surface area contributed by atoms with Gasteiger partial charge in [-0.1, -0.05) is 0 Å². The molecule has 20 heavy (non-hydrogen) atoms. The summed E-state index contributed by atoms with van der Waals surface area (Å²) >= 11 is 1.28. The van der Waals surface area contributed by atoms with Gasteiger partial charge >= 0.3 is 5.97 Å². The number of nitrogens with zero attached hydrogens (tertiary/aromatic N) is 1. The maximum Gasteiger partial charge on any atom is 0.324 e. The van der Waals surface area contributed by atoms with Crippen LogP contribution < -0.4 is 4.72 Å². The number of hydrogen-bond acceptors (Lipinski definition) is 6. The maximum atomic E-state index is 12.1. The standard InChI is InChI=1S/C11H12N2O5S2/c1-6(14)10(11(15)16)13-20(17,18)7-2-3-8-9(4-7)19-5-12-8/h2-6,10,13-14H,1H3,(H,15,16)/t6-,10-/m0/s1. The van der Waals surface area contributed by atoms with Gasteiger partial charge in [0.05, 0.1) is 26.7 Å². The van der Waals surface area contributed by atoms with Gasteiger partial charge in [0.2, 0.25) is 10.0 Å². The lowest BCUT2D eigenvalue weighted by Gasteiger charge is -2.17. The van der Waals surface area contributed by atoms with E-state index >= 15 is 0 Å². The van der Waals surface area contributed by atoms with Gasteiger partial charge in [0.25, 0.3) is 0 Å². The average Bonchev–Trinajstić information content (AvgIpc) is 2.82. The summed E-state index contributed by atoms with van der Waals surface area (Å²) < 4.78 is 26.9. The van der Waals surface area contributed by atoms with Gasteiger partial charge < -0.3 is 10.2 Å². The first-order valence-electron chi connectivity index (χ1n) is 5.58. The highest BCUT2D eigenvalue weighted by atomic mass is 32.2. The van der Waals surface area contributed by atoms with Gasteiger partial charge in [0.15, 0.2) is 0 Å². The van der Waals surface area contributed by atoms with Gasteiger partial charge in [-0.05, 0) is 25.1 Å². The number of aliphatic hydroxyl groups is 1. The summed E-state index contributed by atoms with van der Waals surface area (Å²) in [6.07, 6.45) is -1.35. The van der Waals surface area contributed by atoms with Crippen molar-refractivity contribution in [2.45, 2.75) is 24.0 Å². The van der Waals surface area contributed by atoms with Crippen molar-refractivity contribution < 1.29 is 23.4 Å². The Morgan fingerprint density at radius 1 is 1.45 bits per heavy atom. The first-order valence-corrected chi connectivity index (χ1v) is 7.94. The molecule has 0 aliphatic heterocycles. The van der Waals surface area contributed by atoms with Crippen LogP contribution in [0, 0.1) is 0 Å². The molecular formula is C11H12N2O5S2. The monoisotopic (exact) mass is 316 g/mol. The van der Waals surface area contributed by atoms with E-state index in [9.17, 15) is 18.3 Å². The summed E-state index contributed by atoms with van der Waals surface area (Å²) in [6, 6.07) is 2.69. The minimum absolute atomic E-state index is 0.0684. The summed E-state index contributed by atoms with van der Waals surface area (Å²) in [6.45, 7) is 1.20. The Morgan fingerprint density at radius 3 is 2.75 bits per heavy atom. The zero-order valence-corrected chi connectivity index (χ0v) is 12.0. The third-order valence-corrected chi connectivity index (χ3v) is 4.87. The van der Waals surface area contributed by atoms with Gasteiger partial charge in [-0.2, -0.15) is 4.72 Å². The van der Waals surface area contributed by atoms with Crippen molar-refractivity contribution in [3.63, 3.8) is 0 Å². The zero-order chi connectivity index (χ0) is 14.9. The number of thiazole rings is 1. The van der Waals surface area contributed by atoms with Crippen LogP contribution in [-0.2, 0) is 14.8 Å². The van der Waals surface area contributed by atoms with Gasteiger partial charge in [-0.15, -0.1) is 11.3 Å². The lowest BCUT2D eigenvalue weighted by atomic mass is 10.2. The molecule has 2 atom stereocenters. The van der Waals surface area contributed by atoms with E-state index in [1.807, 2.05) is 4.72 Å². The molecule has 0 saturated carbocycles. The second kappa shape index (κ2) is 5.44. The Bertz CT molecular complexity index is 738. The normalized spacial score (nSPS) is 15.1. The molecule has 1 heterocycles. The number of hydrogen-bond donors (Lipinski definition) is 3. The number of benzene rings is 1. The Morgan fingerprint density at radius 2 is 2.15 bits per heavy atom. The summed E-state index contributed by atoms with van der Waals surface area (Å²) in [5.74, 6) is -1.44. The molecule has 0 fully saturated rings. The summed E-state index contributed by atoms with van der Waals surface area (Å²) in [5, 5.41) is 18.2. The zero-order valence-electron chi connectivity index (χ0n) is 10.3. The number of sulfonamides is 1. The molecule has 0 aliphatic rings. The third kappa shape index (κ3) is 2.96. The number of carbonyl (C=O) groups is 1. The molecule has 2 rings (SSSR count). The molecule has 0 bridgehead atoms. The highest BCUT2D eigenvalue weighted by Gasteiger charge is 2.29. The molecule has 108 valence electrons. The van der Waals surface area contributed by atoms with Crippen molar-refractivity contribution >= 4 is 37.5 Å². The molecule has 0 amide bonds. The van der Waals surface area contributed by atoms with Crippen LogP contribution in [-0.4, -0.2) is 41.7 Å². The number of carboxylic acid groups (broad SMARTS) is 1. The van der Waals surface area contributed by atoms with Crippen molar-refractivity contribution in [1.82, 2.24) is 9.71 Å². The molecule has 9 heteroatoms. The number of aliphatic hydroxyl groups excluding tert-OH is 1. The molecule has 0 radical (unpaired) electrons. The van der Waals surface area contributed by atoms with Gasteiger partial charge in [-0.25, -0.2) is 13.4 Å². The minimum atomic E-state index is -4.03. The molecule has 0 unspecified atom stereocenters. The van der Waals surface area contributed by atoms with E-state index in [0.29, 0.717) is 10.2 Å². The van der Waals surface area contributed by atoms with Crippen LogP contribution in [0.2, 0.25) is 0 Å². The molecule has 2 aromatic rings. The van der Waals surface area contributed by atoms with Crippen LogP contribution in [0.3, 0.4) is 0 Å². The molecule has 0 saturated heterocycles. The van der Waals surface area contributed by atoms with Crippen LogP contribution in [0.4, 0.5) is 0 Å². The summed E-state index contributed by atoms with van der Waals surface area (Å²) in [5.41, 5.74) is 2.25. The first kappa shape index (κ1) is 14.9. The number of carboxylic acids is 1. The van der Waals surface area contributed by atoms with E-state index in [1.54, 1.807) is 11.6 Å². The average molecular weight is 316 g/mol. The van der Waals surface area contributed by atoms with Crippen molar-refractivity contribution in [1.29, 1.82) is 0 Å². The third-order valence-electron chi connectivity index (χ3n) is 2.64. The number of fused-ring (bicyclic) bond motifs is 1. The smallest absolute Gasteiger partial charge is 0.324 e. The molecular weight excluding hydrogens is 304 g/mol. The van der Waals surface area contributed by atoms with Gasteiger partial charge in [0.1, 0.15) is 6.04 Å². The van der Waals surface area contributed by atoms with Crippen LogP contribution >= 0.6 is 11.3 Å². The van der Waals surface area contributed by atoms with Crippen LogP contribution in [0.5, 0.6) is 0 Å². The van der Waals surface area contributed by atoms with E-state index in [-0.39, 0.29) is 4.90 Å². The van der Waals surface area contributed by atoms with Crippen LogP contribution in [0.25, 0.3) is 10.2 Å². The Balaban J connectivity index is 2.36. The van der Waals surface area contributed by atoms with E-state index in [0.717, 1.165) is 0 Å². The SMILES string of the molecule is C[C@H](O)[C@H](NS(=O)(=O)c1ccc2ncsc2c1)C(=O)O. The van der Waals surface area contributed by atoms with Crippen molar-refractivity contribution in [2.75, 3.05) is 0 Å². The van der Waals surface area contributed by atoms with Crippen LogP contribution in [0.15, 0.2) is 28.6 Å². The van der Waals surface area contributed by atoms with E-state index in [4.69, 9.17) is 5.11 Å². The molecule has 0 spiro atoms. The number of rotatable bonds is 5. The summed E-state index contributed by atoms with van der Waals surface area (Å²) in [4.78, 5) is 14.9. The fraction of sp³-hybridized carbons (Fsp3) is 0.273. The molecule has 1 aromatic heterocycles. The highest BCUT2D eigenvalue weighted by molar-refractivity contribution is 7.89. The summed E-state index contributed by atoms with van der Waals surface area (Å²) in [7, 11) is -4.03. The van der Waals surface area contributed by atoms with Crippen molar-refractivity contribution in [3.05, 3.63) is 23.7 Å². The predicted molar refractivity (Wildman–Crippen MR) is 73.0 cm³/mol. The minimum Gasteiger partial charge on any atom is -0.480 e.